The van der Waals surface area contributed by atoms with Crippen LogP contribution in [0.4, 0.5) is 0 Å². The van der Waals surface area contributed by atoms with E-state index < -0.39 is 0 Å². The fraction of sp³-hybridized carbons (Fsp3) is 1.00. The molecule has 0 aromatic rings. The van der Waals surface area contributed by atoms with Gasteiger partial charge < -0.3 is 5.32 Å². The zero-order valence-electron chi connectivity index (χ0n) is 6.04. The van der Waals surface area contributed by atoms with Gasteiger partial charge in [0.1, 0.15) is 0 Å². The Morgan fingerprint density at radius 1 is 1.70 bits per heavy atom. The van der Waals surface area contributed by atoms with E-state index in [4.69, 9.17) is 0 Å². The second-order valence-electron chi connectivity index (χ2n) is 2.82. The summed E-state index contributed by atoms with van der Waals surface area (Å²) in [5.41, 5.74) is 0. The normalized spacial score (nSPS) is 33.7. The fourth-order valence-electron chi connectivity index (χ4n) is 1.26. The predicted molar refractivity (Wildman–Crippen MR) is 37.4 cm³/mol. The highest BCUT2D eigenvalue weighted by Gasteiger charge is 2.29. The van der Waals surface area contributed by atoms with Gasteiger partial charge in [-0.25, -0.2) is 0 Å². The minimum Gasteiger partial charge on any atom is -0.310 e. The van der Waals surface area contributed by atoms with Gasteiger partial charge in [0.25, 0.3) is 0 Å². The van der Waals surface area contributed by atoms with Crippen molar-refractivity contribution in [1.29, 1.82) is 0 Å². The molecule has 2 atom stereocenters. The standard InChI is InChI=1S/C6H12N2O2/c1-5-2-3-7-4-6(5)8(9)10/h5-7H,2-4H2,1H3/t5-,6-/m1/s1. The van der Waals surface area contributed by atoms with E-state index in [0.717, 1.165) is 13.0 Å². The lowest BCUT2D eigenvalue weighted by molar-refractivity contribution is -0.531. The van der Waals surface area contributed by atoms with Gasteiger partial charge in [-0.05, 0) is 13.0 Å². The first-order valence-electron chi connectivity index (χ1n) is 3.56. The smallest absolute Gasteiger partial charge is 0.227 e. The SMILES string of the molecule is C[C@@H]1CCNC[C@H]1[N+](=O)[O-]. The molecule has 1 saturated heterocycles. The summed E-state index contributed by atoms with van der Waals surface area (Å²) in [6, 6.07) is -0.367. The highest BCUT2D eigenvalue weighted by Crippen LogP contribution is 2.13. The molecular formula is C6H12N2O2. The van der Waals surface area contributed by atoms with Gasteiger partial charge in [0.05, 0.1) is 6.54 Å². The zero-order valence-corrected chi connectivity index (χ0v) is 6.04. The summed E-state index contributed by atoms with van der Waals surface area (Å²) in [5, 5.41) is 13.3. The number of nitrogens with zero attached hydrogens (tertiary/aromatic N) is 1. The van der Waals surface area contributed by atoms with E-state index in [2.05, 4.69) is 5.32 Å². The van der Waals surface area contributed by atoms with Crippen LogP contribution >= 0.6 is 0 Å². The maximum Gasteiger partial charge on any atom is 0.227 e. The number of nitrogens with one attached hydrogen (secondary N) is 1. The molecule has 10 heavy (non-hydrogen) atoms. The molecule has 0 aromatic heterocycles. The Labute approximate surface area is 59.8 Å². The minimum atomic E-state index is -0.367. The lowest BCUT2D eigenvalue weighted by Crippen LogP contribution is -2.43. The molecule has 1 fully saturated rings. The van der Waals surface area contributed by atoms with Gasteiger partial charge in [0.15, 0.2) is 0 Å². The van der Waals surface area contributed by atoms with Gasteiger partial charge in [0, 0.05) is 10.8 Å². The van der Waals surface area contributed by atoms with Crippen molar-refractivity contribution in [2.24, 2.45) is 5.92 Å². The molecule has 0 radical (unpaired) electrons. The third kappa shape index (κ3) is 1.44. The van der Waals surface area contributed by atoms with Gasteiger partial charge in [0.2, 0.25) is 6.04 Å². The quantitative estimate of drug-likeness (QED) is 0.424. The fourth-order valence-corrected chi connectivity index (χ4v) is 1.26. The van der Waals surface area contributed by atoms with Crippen LogP contribution in [0.1, 0.15) is 13.3 Å². The molecule has 0 unspecified atom stereocenters. The van der Waals surface area contributed by atoms with Crippen LogP contribution in [0.2, 0.25) is 0 Å². The molecule has 4 nitrogen and oxygen atoms in total. The van der Waals surface area contributed by atoms with E-state index in [1.807, 2.05) is 6.92 Å². The summed E-state index contributed by atoms with van der Waals surface area (Å²) in [7, 11) is 0. The van der Waals surface area contributed by atoms with Crippen molar-refractivity contribution < 1.29 is 4.92 Å². The molecule has 0 bridgehead atoms. The second-order valence-corrected chi connectivity index (χ2v) is 2.82. The van der Waals surface area contributed by atoms with Gasteiger partial charge in [-0.2, -0.15) is 0 Å². The Kier molecular flexibility index (Phi) is 2.21. The maximum absolute atomic E-state index is 10.3. The minimum absolute atomic E-state index is 0.184. The van der Waals surface area contributed by atoms with Crippen molar-refractivity contribution in [2.75, 3.05) is 13.1 Å². The highest BCUT2D eigenvalue weighted by atomic mass is 16.6. The molecule has 58 valence electrons. The average Bonchev–Trinajstić information content (AvgIpc) is 1.88. The Balaban J connectivity index is 2.47. The van der Waals surface area contributed by atoms with E-state index in [0.29, 0.717) is 6.54 Å². The Hall–Kier alpha value is -0.640. The third-order valence-electron chi connectivity index (χ3n) is 2.06. The Bertz CT molecular complexity index is 138. The molecule has 4 heteroatoms. The van der Waals surface area contributed by atoms with Gasteiger partial charge in [-0.15, -0.1) is 0 Å². The molecule has 1 heterocycles. The lowest BCUT2D eigenvalue weighted by Gasteiger charge is -2.22. The van der Waals surface area contributed by atoms with Crippen molar-refractivity contribution in [3.05, 3.63) is 10.1 Å². The van der Waals surface area contributed by atoms with E-state index in [1.54, 1.807) is 0 Å². The third-order valence-corrected chi connectivity index (χ3v) is 2.06. The molecule has 1 N–H and O–H groups in total. The van der Waals surface area contributed by atoms with Crippen molar-refractivity contribution in [3.63, 3.8) is 0 Å². The van der Waals surface area contributed by atoms with Crippen LogP contribution in [0.5, 0.6) is 0 Å². The first kappa shape index (κ1) is 7.47. The summed E-state index contributed by atoms with van der Waals surface area (Å²) in [6.07, 6.45) is 0.922. The topological polar surface area (TPSA) is 55.2 Å². The van der Waals surface area contributed by atoms with Crippen LogP contribution in [-0.4, -0.2) is 24.1 Å². The van der Waals surface area contributed by atoms with Crippen molar-refractivity contribution in [3.8, 4) is 0 Å². The molecule has 0 amide bonds. The number of rotatable bonds is 1. The largest absolute Gasteiger partial charge is 0.310 e. The lowest BCUT2D eigenvalue weighted by atomic mass is 9.96. The first-order valence-corrected chi connectivity index (χ1v) is 3.56. The Morgan fingerprint density at radius 3 is 2.80 bits per heavy atom. The molecular weight excluding hydrogens is 132 g/mol. The average molecular weight is 144 g/mol. The van der Waals surface area contributed by atoms with Crippen LogP contribution in [0, 0.1) is 16.0 Å². The van der Waals surface area contributed by atoms with E-state index in [-0.39, 0.29) is 16.9 Å². The second kappa shape index (κ2) is 2.96. The van der Waals surface area contributed by atoms with Gasteiger partial charge >= 0.3 is 0 Å². The van der Waals surface area contributed by atoms with Gasteiger partial charge in [-0.1, -0.05) is 6.92 Å². The van der Waals surface area contributed by atoms with Crippen LogP contribution in [0.15, 0.2) is 0 Å². The number of hydrogen-bond donors (Lipinski definition) is 1. The Morgan fingerprint density at radius 2 is 2.40 bits per heavy atom. The number of nitro groups is 1. The maximum atomic E-state index is 10.3. The van der Waals surface area contributed by atoms with Crippen molar-refractivity contribution in [1.82, 2.24) is 5.32 Å². The molecule has 0 aromatic carbocycles. The molecule has 1 aliphatic heterocycles. The van der Waals surface area contributed by atoms with Crippen LogP contribution < -0.4 is 5.32 Å². The molecule has 1 aliphatic rings. The van der Waals surface area contributed by atoms with Crippen molar-refractivity contribution >= 4 is 0 Å². The predicted octanol–water partition coefficient (Wildman–Crippen LogP) is 0.261. The summed E-state index contributed by atoms with van der Waals surface area (Å²) in [6.45, 7) is 3.40. The summed E-state index contributed by atoms with van der Waals surface area (Å²) >= 11 is 0. The summed E-state index contributed by atoms with van der Waals surface area (Å²) in [5.74, 6) is 0.233. The van der Waals surface area contributed by atoms with E-state index in [9.17, 15) is 10.1 Å². The summed E-state index contributed by atoms with van der Waals surface area (Å²) in [4.78, 5) is 10.1. The monoisotopic (exact) mass is 144 g/mol. The summed E-state index contributed by atoms with van der Waals surface area (Å²) < 4.78 is 0. The highest BCUT2D eigenvalue weighted by molar-refractivity contribution is 4.74. The molecule has 0 aliphatic carbocycles. The molecule has 0 spiro atoms. The van der Waals surface area contributed by atoms with E-state index >= 15 is 0 Å². The van der Waals surface area contributed by atoms with Crippen LogP contribution in [-0.2, 0) is 0 Å². The first-order chi connectivity index (χ1) is 4.72. The van der Waals surface area contributed by atoms with Crippen molar-refractivity contribution in [2.45, 2.75) is 19.4 Å². The van der Waals surface area contributed by atoms with E-state index in [1.165, 1.54) is 0 Å². The molecule has 0 saturated carbocycles. The van der Waals surface area contributed by atoms with Crippen LogP contribution in [0.3, 0.4) is 0 Å². The molecule has 1 rings (SSSR count). The number of piperidine rings is 1. The van der Waals surface area contributed by atoms with Crippen LogP contribution in [0.25, 0.3) is 0 Å². The van der Waals surface area contributed by atoms with Gasteiger partial charge in [-0.3, -0.25) is 10.1 Å². The zero-order chi connectivity index (χ0) is 7.56. The number of hydrogen-bond acceptors (Lipinski definition) is 3.